The molecule has 1 N–H and O–H groups in total. The molecular weight excluding hydrogens is 360 g/mol. The van der Waals surface area contributed by atoms with Crippen LogP contribution in [0.4, 0.5) is 0 Å². The molecule has 0 aliphatic rings. The number of hydrogen-bond donors (Lipinski definition) is 1. The van der Waals surface area contributed by atoms with Gasteiger partial charge in [-0.3, -0.25) is 9.59 Å². The second-order valence-corrected chi connectivity index (χ2v) is 5.88. The number of ether oxygens (including phenoxy) is 1. The van der Waals surface area contributed by atoms with Gasteiger partial charge in [0.15, 0.2) is 0 Å². The van der Waals surface area contributed by atoms with Crippen molar-refractivity contribution in [3.63, 3.8) is 0 Å². The van der Waals surface area contributed by atoms with Crippen LogP contribution in [0.1, 0.15) is 26.3 Å². The second kappa shape index (κ2) is 9.35. The number of methoxy groups -OCH3 is 1. The molecule has 0 bridgehead atoms. The number of carbonyl (C=O) groups is 2. The summed E-state index contributed by atoms with van der Waals surface area (Å²) >= 11 is 3.38. The molecule has 0 aromatic heterocycles. The Hall–Kier alpha value is -1.82. The van der Waals surface area contributed by atoms with Crippen molar-refractivity contribution in [3.8, 4) is 5.75 Å². The van der Waals surface area contributed by atoms with E-state index in [-0.39, 0.29) is 11.8 Å². The Morgan fingerprint density at radius 1 is 1.35 bits per heavy atom. The number of hydrogen-bond acceptors (Lipinski definition) is 3. The van der Waals surface area contributed by atoms with Crippen LogP contribution in [-0.2, 0) is 9.59 Å². The lowest BCUT2D eigenvalue weighted by atomic mass is 10.2. The van der Waals surface area contributed by atoms with Crippen LogP contribution in [0.2, 0.25) is 0 Å². The SMILES string of the molecule is CCN(CC)C(=O)[C@@H](C)NC(=O)/C=C/c1cc(Br)ccc1OC. The van der Waals surface area contributed by atoms with Crippen molar-refractivity contribution >= 4 is 33.8 Å². The van der Waals surface area contributed by atoms with Gasteiger partial charge in [-0.05, 0) is 45.0 Å². The Labute approximate surface area is 145 Å². The van der Waals surface area contributed by atoms with E-state index in [0.29, 0.717) is 18.8 Å². The molecule has 0 radical (unpaired) electrons. The van der Waals surface area contributed by atoms with Crippen molar-refractivity contribution in [2.45, 2.75) is 26.8 Å². The predicted octanol–water partition coefficient (Wildman–Crippen LogP) is 2.84. The molecule has 0 spiro atoms. The molecule has 1 rings (SSSR count). The standard InChI is InChI=1S/C17H23BrN2O3/c1-5-20(6-2)17(22)12(3)19-16(21)10-7-13-11-14(18)8-9-15(13)23-4/h7-12H,5-6H2,1-4H3,(H,19,21)/b10-7+/t12-/m1/s1. The molecule has 0 saturated carbocycles. The smallest absolute Gasteiger partial charge is 0.244 e. The number of nitrogens with one attached hydrogen (secondary N) is 1. The summed E-state index contributed by atoms with van der Waals surface area (Å²) in [6.45, 7) is 6.76. The second-order valence-electron chi connectivity index (χ2n) is 4.96. The van der Waals surface area contributed by atoms with Crippen molar-refractivity contribution in [2.75, 3.05) is 20.2 Å². The lowest BCUT2D eigenvalue weighted by molar-refractivity contribution is -0.134. The molecule has 0 aliphatic heterocycles. The van der Waals surface area contributed by atoms with Gasteiger partial charge in [-0.1, -0.05) is 15.9 Å². The van der Waals surface area contributed by atoms with Crippen LogP contribution in [0.15, 0.2) is 28.7 Å². The molecule has 1 aromatic carbocycles. The third-order valence-corrected chi connectivity index (χ3v) is 3.90. The van der Waals surface area contributed by atoms with Crippen LogP contribution in [0.3, 0.4) is 0 Å². The highest BCUT2D eigenvalue weighted by molar-refractivity contribution is 9.10. The molecule has 0 unspecified atom stereocenters. The van der Waals surface area contributed by atoms with E-state index in [9.17, 15) is 9.59 Å². The highest BCUT2D eigenvalue weighted by atomic mass is 79.9. The topological polar surface area (TPSA) is 58.6 Å². The first-order valence-corrected chi connectivity index (χ1v) is 8.33. The van der Waals surface area contributed by atoms with Crippen molar-refractivity contribution in [2.24, 2.45) is 0 Å². The average molecular weight is 383 g/mol. The van der Waals surface area contributed by atoms with Gasteiger partial charge in [-0.25, -0.2) is 0 Å². The minimum atomic E-state index is -0.559. The van der Waals surface area contributed by atoms with Gasteiger partial charge in [0.1, 0.15) is 11.8 Å². The fraction of sp³-hybridized carbons (Fsp3) is 0.412. The van der Waals surface area contributed by atoms with Gasteiger partial charge in [0.25, 0.3) is 0 Å². The van der Waals surface area contributed by atoms with Crippen molar-refractivity contribution in [1.29, 1.82) is 0 Å². The van der Waals surface area contributed by atoms with Crippen LogP contribution in [0, 0.1) is 0 Å². The lowest BCUT2D eigenvalue weighted by Crippen LogP contribution is -2.46. The van der Waals surface area contributed by atoms with Gasteiger partial charge in [0.2, 0.25) is 11.8 Å². The van der Waals surface area contributed by atoms with Crippen LogP contribution in [0.25, 0.3) is 6.08 Å². The Balaban J connectivity index is 2.73. The summed E-state index contributed by atoms with van der Waals surface area (Å²) in [4.78, 5) is 25.8. The average Bonchev–Trinajstić information content (AvgIpc) is 2.54. The van der Waals surface area contributed by atoms with E-state index in [0.717, 1.165) is 10.0 Å². The largest absolute Gasteiger partial charge is 0.496 e. The van der Waals surface area contributed by atoms with Crippen molar-refractivity contribution in [1.82, 2.24) is 10.2 Å². The molecule has 0 heterocycles. The molecule has 5 nitrogen and oxygen atoms in total. The van der Waals surface area contributed by atoms with Gasteiger partial charge >= 0.3 is 0 Å². The highest BCUT2D eigenvalue weighted by Gasteiger charge is 2.18. The maximum atomic E-state index is 12.1. The minimum absolute atomic E-state index is 0.0863. The van der Waals surface area contributed by atoms with E-state index in [1.54, 1.807) is 25.0 Å². The van der Waals surface area contributed by atoms with Crippen molar-refractivity contribution < 1.29 is 14.3 Å². The minimum Gasteiger partial charge on any atom is -0.496 e. The zero-order valence-corrected chi connectivity index (χ0v) is 15.5. The number of amides is 2. The zero-order chi connectivity index (χ0) is 17.4. The molecule has 23 heavy (non-hydrogen) atoms. The molecule has 0 aliphatic carbocycles. The quantitative estimate of drug-likeness (QED) is 0.737. The molecule has 1 atom stereocenters. The summed E-state index contributed by atoms with van der Waals surface area (Å²) in [6, 6.07) is 4.97. The van der Waals surface area contributed by atoms with Gasteiger partial charge in [-0.2, -0.15) is 0 Å². The Kier molecular flexibility index (Phi) is 7.81. The van der Waals surface area contributed by atoms with E-state index in [1.165, 1.54) is 6.08 Å². The summed E-state index contributed by atoms with van der Waals surface area (Å²) in [5.74, 6) is 0.265. The van der Waals surface area contributed by atoms with E-state index in [4.69, 9.17) is 4.74 Å². The Morgan fingerprint density at radius 3 is 2.57 bits per heavy atom. The van der Waals surface area contributed by atoms with E-state index >= 15 is 0 Å². The number of rotatable bonds is 7. The fourth-order valence-corrected chi connectivity index (χ4v) is 2.51. The van der Waals surface area contributed by atoms with E-state index in [1.807, 2.05) is 32.0 Å². The van der Waals surface area contributed by atoms with Crippen molar-refractivity contribution in [3.05, 3.63) is 34.3 Å². The summed E-state index contributed by atoms with van der Waals surface area (Å²) in [5, 5.41) is 2.68. The molecule has 2 amide bonds. The molecule has 0 fully saturated rings. The number of halogens is 1. The molecular formula is C17H23BrN2O3. The lowest BCUT2D eigenvalue weighted by Gasteiger charge is -2.23. The maximum absolute atomic E-state index is 12.1. The highest BCUT2D eigenvalue weighted by Crippen LogP contribution is 2.23. The first-order chi connectivity index (χ1) is 10.9. The first-order valence-electron chi connectivity index (χ1n) is 7.53. The van der Waals surface area contributed by atoms with E-state index < -0.39 is 6.04 Å². The van der Waals surface area contributed by atoms with Crippen LogP contribution < -0.4 is 10.1 Å². The Morgan fingerprint density at radius 2 is 2.00 bits per heavy atom. The third kappa shape index (κ3) is 5.71. The van der Waals surface area contributed by atoms with Crippen LogP contribution in [-0.4, -0.2) is 43.0 Å². The molecule has 0 saturated heterocycles. The number of benzene rings is 1. The molecule has 6 heteroatoms. The summed E-state index contributed by atoms with van der Waals surface area (Å²) < 4.78 is 6.14. The number of nitrogens with zero attached hydrogens (tertiary/aromatic N) is 1. The molecule has 1 aromatic rings. The predicted molar refractivity (Wildman–Crippen MR) is 95.3 cm³/mol. The van der Waals surface area contributed by atoms with Crippen LogP contribution in [0.5, 0.6) is 5.75 Å². The normalized spacial score (nSPS) is 12.0. The maximum Gasteiger partial charge on any atom is 0.244 e. The van der Waals surface area contributed by atoms with Gasteiger partial charge in [0, 0.05) is 29.2 Å². The van der Waals surface area contributed by atoms with E-state index in [2.05, 4.69) is 21.2 Å². The van der Waals surface area contributed by atoms with Gasteiger partial charge < -0.3 is 15.0 Å². The Bertz CT molecular complexity index is 583. The van der Waals surface area contributed by atoms with Crippen LogP contribution >= 0.6 is 15.9 Å². The van der Waals surface area contributed by atoms with Gasteiger partial charge in [0.05, 0.1) is 7.11 Å². The summed E-state index contributed by atoms with van der Waals surface area (Å²) in [7, 11) is 1.57. The number of likely N-dealkylation sites (N-methyl/N-ethyl adjacent to an activating group) is 1. The molecule has 126 valence electrons. The third-order valence-electron chi connectivity index (χ3n) is 3.41. The summed E-state index contributed by atoms with van der Waals surface area (Å²) in [6.07, 6.45) is 3.06. The first kappa shape index (κ1) is 19.2. The fourth-order valence-electron chi connectivity index (χ4n) is 2.13. The summed E-state index contributed by atoms with van der Waals surface area (Å²) in [5.41, 5.74) is 0.778. The van der Waals surface area contributed by atoms with Gasteiger partial charge in [-0.15, -0.1) is 0 Å². The number of carbonyl (C=O) groups excluding carboxylic acids is 2. The zero-order valence-electron chi connectivity index (χ0n) is 13.9. The monoisotopic (exact) mass is 382 g/mol.